The fraction of sp³-hybridized carbons (Fsp3) is 0. The van der Waals surface area contributed by atoms with Gasteiger partial charge in [-0.2, -0.15) is 0 Å². The largest absolute Gasteiger partial charge is 0.457 e. The number of rotatable bonds is 3. The quantitative estimate of drug-likeness (QED) is 0.537. The third-order valence-electron chi connectivity index (χ3n) is 2.76. The van der Waals surface area contributed by atoms with Crippen LogP contribution >= 0.6 is 0 Å². The van der Waals surface area contributed by atoms with Gasteiger partial charge < -0.3 is 4.74 Å². The molecule has 3 aromatic rings. The zero-order chi connectivity index (χ0) is 13.9. The van der Waals surface area contributed by atoms with Gasteiger partial charge in [0.05, 0.1) is 10.4 Å². The van der Waals surface area contributed by atoms with Crippen molar-refractivity contribution in [3.63, 3.8) is 0 Å². The lowest BCUT2D eigenvalue weighted by Crippen LogP contribution is -1.89. The van der Waals surface area contributed by atoms with Crippen LogP contribution in [0.5, 0.6) is 11.5 Å². The maximum atomic E-state index is 10.6. The van der Waals surface area contributed by atoms with Crippen LogP contribution in [-0.2, 0) is 0 Å². The fourth-order valence-electron chi connectivity index (χ4n) is 1.80. The number of aromatic nitrogens is 2. The summed E-state index contributed by atoms with van der Waals surface area (Å²) in [7, 11) is 0. The van der Waals surface area contributed by atoms with E-state index in [9.17, 15) is 10.1 Å². The number of ether oxygens (including phenoxy) is 1. The SMILES string of the molecule is O=[N+]([O-])c1ccc(Oc2ccc3ncncc3c2)cc1. The molecule has 6 heteroatoms. The van der Waals surface area contributed by atoms with Gasteiger partial charge in [-0.1, -0.05) is 0 Å². The molecule has 0 saturated heterocycles. The summed E-state index contributed by atoms with van der Waals surface area (Å²) < 4.78 is 5.64. The minimum Gasteiger partial charge on any atom is -0.457 e. The smallest absolute Gasteiger partial charge is 0.269 e. The first-order valence-corrected chi connectivity index (χ1v) is 5.84. The summed E-state index contributed by atoms with van der Waals surface area (Å²) >= 11 is 0. The topological polar surface area (TPSA) is 78.2 Å². The lowest BCUT2D eigenvalue weighted by Gasteiger charge is -2.06. The second-order valence-corrected chi connectivity index (χ2v) is 4.10. The van der Waals surface area contributed by atoms with Gasteiger partial charge in [0.1, 0.15) is 17.8 Å². The molecule has 2 aromatic carbocycles. The van der Waals surface area contributed by atoms with Crippen LogP contribution in [0.4, 0.5) is 5.69 Å². The molecule has 3 rings (SSSR count). The molecule has 1 heterocycles. The molecule has 6 nitrogen and oxygen atoms in total. The van der Waals surface area contributed by atoms with E-state index in [0.717, 1.165) is 10.9 Å². The molecule has 0 fully saturated rings. The van der Waals surface area contributed by atoms with Crippen molar-refractivity contribution in [3.05, 3.63) is 65.1 Å². The highest BCUT2D eigenvalue weighted by atomic mass is 16.6. The van der Waals surface area contributed by atoms with Crippen molar-refractivity contribution in [2.24, 2.45) is 0 Å². The van der Waals surface area contributed by atoms with Crippen LogP contribution in [0.15, 0.2) is 55.0 Å². The molecule has 0 atom stereocenters. The van der Waals surface area contributed by atoms with E-state index >= 15 is 0 Å². The van der Waals surface area contributed by atoms with E-state index in [1.165, 1.54) is 18.5 Å². The second-order valence-electron chi connectivity index (χ2n) is 4.10. The molecule has 0 bridgehead atoms. The van der Waals surface area contributed by atoms with Gasteiger partial charge >= 0.3 is 0 Å². The van der Waals surface area contributed by atoms with E-state index in [1.807, 2.05) is 12.1 Å². The van der Waals surface area contributed by atoms with Crippen LogP contribution in [-0.4, -0.2) is 14.9 Å². The van der Waals surface area contributed by atoms with Crippen molar-refractivity contribution in [1.82, 2.24) is 9.97 Å². The molecule has 98 valence electrons. The van der Waals surface area contributed by atoms with Crippen LogP contribution < -0.4 is 4.74 Å². The third-order valence-corrected chi connectivity index (χ3v) is 2.76. The molecule has 0 unspecified atom stereocenters. The van der Waals surface area contributed by atoms with Crippen molar-refractivity contribution in [2.45, 2.75) is 0 Å². The average Bonchev–Trinajstić information content (AvgIpc) is 2.48. The molecular formula is C14H9N3O3. The molecule has 0 spiro atoms. The van der Waals surface area contributed by atoms with Gasteiger partial charge in [0.2, 0.25) is 0 Å². The van der Waals surface area contributed by atoms with Crippen LogP contribution in [0, 0.1) is 10.1 Å². The number of nitro groups is 1. The summed E-state index contributed by atoms with van der Waals surface area (Å²) in [5.74, 6) is 1.16. The Labute approximate surface area is 113 Å². The molecule has 0 amide bonds. The van der Waals surface area contributed by atoms with Crippen molar-refractivity contribution in [3.8, 4) is 11.5 Å². The Kier molecular flexibility index (Phi) is 2.96. The van der Waals surface area contributed by atoms with Gasteiger partial charge in [-0.05, 0) is 30.3 Å². The van der Waals surface area contributed by atoms with Gasteiger partial charge in [-0.25, -0.2) is 9.97 Å². The summed E-state index contributed by atoms with van der Waals surface area (Å²) in [6.45, 7) is 0. The predicted molar refractivity (Wildman–Crippen MR) is 72.7 cm³/mol. The molecule has 0 aliphatic heterocycles. The van der Waals surface area contributed by atoms with Crippen LogP contribution in [0.2, 0.25) is 0 Å². The summed E-state index contributed by atoms with van der Waals surface area (Å²) in [6, 6.07) is 11.4. The first-order valence-electron chi connectivity index (χ1n) is 5.84. The number of hydrogen-bond acceptors (Lipinski definition) is 5. The van der Waals surface area contributed by atoms with Crippen LogP contribution in [0.3, 0.4) is 0 Å². The minimum absolute atomic E-state index is 0.0317. The van der Waals surface area contributed by atoms with Gasteiger partial charge in [0, 0.05) is 23.7 Å². The Morgan fingerprint density at radius 1 is 1.05 bits per heavy atom. The van der Waals surface area contributed by atoms with Gasteiger partial charge in [0.25, 0.3) is 5.69 Å². The summed E-state index contributed by atoms with van der Waals surface area (Å²) in [6.07, 6.45) is 3.18. The van der Waals surface area contributed by atoms with Gasteiger partial charge in [-0.3, -0.25) is 10.1 Å². The van der Waals surface area contributed by atoms with Crippen molar-refractivity contribution in [1.29, 1.82) is 0 Å². The van der Waals surface area contributed by atoms with Gasteiger partial charge in [0.15, 0.2) is 0 Å². The number of fused-ring (bicyclic) bond motifs is 1. The van der Waals surface area contributed by atoms with E-state index in [-0.39, 0.29) is 5.69 Å². The zero-order valence-corrected chi connectivity index (χ0v) is 10.3. The normalized spacial score (nSPS) is 10.4. The number of hydrogen-bond donors (Lipinski definition) is 0. The van der Waals surface area contributed by atoms with Crippen LogP contribution in [0.1, 0.15) is 0 Å². The highest BCUT2D eigenvalue weighted by molar-refractivity contribution is 5.78. The van der Waals surface area contributed by atoms with Crippen molar-refractivity contribution >= 4 is 16.6 Å². The average molecular weight is 267 g/mol. The number of benzene rings is 2. The fourth-order valence-corrected chi connectivity index (χ4v) is 1.80. The van der Waals surface area contributed by atoms with E-state index in [4.69, 9.17) is 4.74 Å². The summed E-state index contributed by atoms with van der Waals surface area (Å²) in [5.41, 5.74) is 0.861. The molecule has 0 N–H and O–H groups in total. The molecular weight excluding hydrogens is 258 g/mol. The zero-order valence-electron chi connectivity index (χ0n) is 10.3. The minimum atomic E-state index is -0.447. The molecule has 0 aliphatic carbocycles. The Hall–Kier alpha value is -3.02. The third kappa shape index (κ3) is 2.39. The Bertz CT molecular complexity index is 772. The van der Waals surface area contributed by atoms with Crippen molar-refractivity contribution < 1.29 is 9.66 Å². The number of nitro benzene ring substituents is 1. The maximum Gasteiger partial charge on any atom is 0.269 e. The second kappa shape index (κ2) is 4.93. The highest BCUT2D eigenvalue weighted by Gasteiger charge is 2.05. The van der Waals surface area contributed by atoms with E-state index in [0.29, 0.717) is 11.5 Å². The first kappa shape index (κ1) is 12.0. The number of nitrogens with zero attached hydrogens (tertiary/aromatic N) is 3. The van der Waals surface area contributed by atoms with Gasteiger partial charge in [-0.15, -0.1) is 0 Å². The standard InChI is InChI=1S/C14H9N3O3/c18-17(19)11-1-3-12(4-2-11)20-13-5-6-14-10(7-13)8-15-9-16-14/h1-9H. The molecule has 0 aliphatic rings. The Balaban J connectivity index is 1.87. The monoisotopic (exact) mass is 267 g/mol. The number of non-ortho nitro benzene ring substituents is 1. The molecule has 20 heavy (non-hydrogen) atoms. The molecule has 0 saturated carbocycles. The van der Waals surface area contributed by atoms with Crippen LogP contribution in [0.25, 0.3) is 10.9 Å². The van der Waals surface area contributed by atoms with Crippen molar-refractivity contribution in [2.75, 3.05) is 0 Å². The molecule has 0 radical (unpaired) electrons. The van der Waals surface area contributed by atoms with E-state index in [1.54, 1.807) is 24.4 Å². The lowest BCUT2D eigenvalue weighted by atomic mass is 10.2. The Morgan fingerprint density at radius 2 is 1.80 bits per heavy atom. The summed E-state index contributed by atoms with van der Waals surface area (Å²) in [5, 5.41) is 11.4. The Morgan fingerprint density at radius 3 is 2.55 bits per heavy atom. The lowest BCUT2D eigenvalue weighted by molar-refractivity contribution is -0.384. The maximum absolute atomic E-state index is 10.6. The van der Waals surface area contributed by atoms with E-state index in [2.05, 4.69) is 9.97 Å². The highest BCUT2D eigenvalue weighted by Crippen LogP contribution is 2.25. The first-order chi connectivity index (χ1) is 9.72. The predicted octanol–water partition coefficient (Wildman–Crippen LogP) is 3.33. The summed E-state index contributed by atoms with van der Waals surface area (Å²) in [4.78, 5) is 18.2. The van der Waals surface area contributed by atoms with E-state index < -0.39 is 4.92 Å². The molecule has 1 aromatic heterocycles.